The number of aldehydes is 1. The van der Waals surface area contributed by atoms with Gasteiger partial charge in [-0.05, 0) is 0 Å². The maximum Gasteiger partial charge on any atom is 0.125 e. The summed E-state index contributed by atoms with van der Waals surface area (Å²) in [6.45, 7) is 1.76. The molecule has 1 aliphatic heterocycles. The van der Waals surface area contributed by atoms with Crippen molar-refractivity contribution in [2.45, 2.75) is 17.6 Å². The molecule has 1 fully saturated rings. The van der Waals surface area contributed by atoms with Crippen LogP contribution in [0.25, 0.3) is 0 Å². The molecule has 1 heterocycles. The zero-order valence-corrected chi connectivity index (χ0v) is 8.03. The highest BCUT2D eigenvalue weighted by Gasteiger charge is 2.28. The van der Waals surface area contributed by atoms with Gasteiger partial charge in [0.05, 0.1) is 10.7 Å². The van der Waals surface area contributed by atoms with Crippen LogP contribution in [0.2, 0.25) is 0 Å². The predicted octanol–water partition coefficient (Wildman–Crippen LogP) is 0.988. The van der Waals surface area contributed by atoms with Gasteiger partial charge in [0.1, 0.15) is 6.29 Å². The number of thioether (sulfide) groups is 2. The molecule has 2 nitrogen and oxygen atoms in total. The first-order valence-corrected chi connectivity index (χ1v) is 5.72. The third kappa shape index (κ3) is 2.39. The monoisotopic (exact) mass is 192 g/mol. The molecule has 1 N–H and O–H groups in total. The Balaban J connectivity index is 2.38. The minimum absolute atomic E-state index is 0.218. The molecule has 0 spiro atoms. The normalized spacial score (nSPS) is 24.9. The van der Waals surface area contributed by atoms with E-state index in [1.165, 1.54) is 0 Å². The van der Waals surface area contributed by atoms with Gasteiger partial charge in [-0.2, -0.15) is 0 Å². The first-order chi connectivity index (χ1) is 5.25. The summed E-state index contributed by atoms with van der Waals surface area (Å²) < 4.78 is 0.218. The van der Waals surface area contributed by atoms with Crippen molar-refractivity contribution in [1.82, 2.24) is 0 Å². The van der Waals surface area contributed by atoms with Crippen LogP contribution in [-0.2, 0) is 4.79 Å². The second-order valence-corrected chi connectivity index (χ2v) is 5.39. The lowest BCUT2D eigenvalue weighted by atomic mass is 10.1. The fraction of sp³-hybridized carbons (Fsp3) is 0.857. The summed E-state index contributed by atoms with van der Waals surface area (Å²) in [4.78, 5) is 10.3. The Morgan fingerprint density at radius 3 is 2.55 bits per heavy atom. The van der Waals surface area contributed by atoms with Gasteiger partial charge in [-0.1, -0.05) is 6.92 Å². The lowest BCUT2D eigenvalue weighted by Gasteiger charge is -2.18. The summed E-state index contributed by atoms with van der Waals surface area (Å²) in [5, 5.41) is 9.54. The van der Waals surface area contributed by atoms with Crippen molar-refractivity contribution >= 4 is 29.8 Å². The van der Waals surface area contributed by atoms with Crippen molar-refractivity contribution in [3.63, 3.8) is 0 Å². The molecule has 0 aromatic rings. The van der Waals surface area contributed by atoms with Crippen LogP contribution in [0.3, 0.4) is 0 Å². The zero-order chi connectivity index (χ0) is 8.27. The van der Waals surface area contributed by atoms with Gasteiger partial charge < -0.3 is 9.90 Å². The summed E-state index contributed by atoms with van der Waals surface area (Å²) in [7, 11) is 0. The summed E-state index contributed by atoms with van der Waals surface area (Å²) in [5.74, 6) is 1.97. The Labute approximate surface area is 75.1 Å². The highest BCUT2D eigenvalue weighted by molar-refractivity contribution is 8.20. The lowest BCUT2D eigenvalue weighted by Crippen LogP contribution is -2.27. The molecule has 11 heavy (non-hydrogen) atoms. The van der Waals surface area contributed by atoms with E-state index in [0.717, 1.165) is 17.8 Å². The Kier molecular flexibility index (Phi) is 3.75. The van der Waals surface area contributed by atoms with E-state index >= 15 is 0 Å². The van der Waals surface area contributed by atoms with E-state index in [1.54, 1.807) is 30.4 Å². The van der Waals surface area contributed by atoms with Crippen LogP contribution in [-0.4, -0.2) is 33.6 Å². The number of hydrogen-bond donors (Lipinski definition) is 1. The average Bonchev–Trinajstić information content (AvgIpc) is 2.53. The molecule has 0 amide bonds. The number of aliphatic hydroxyl groups is 1. The molecule has 0 aliphatic carbocycles. The molecule has 4 heteroatoms. The summed E-state index contributed by atoms with van der Waals surface area (Å²) in [6, 6.07) is 0. The van der Waals surface area contributed by atoms with Crippen molar-refractivity contribution in [3.8, 4) is 0 Å². The molecule has 1 saturated heterocycles. The topological polar surface area (TPSA) is 37.3 Å². The van der Waals surface area contributed by atoms with Crippen molar-refractivity contribution in [2.24, 2.45) is 5.92 Å². The first-order valence-electron chi connectivity index (χ1n) is 3.62. The van der Waals surface area contributed by atoms with Crippen LogP contribution in [0.5, 0.6) is 0 Å². The Hall–Kier alpha value is 0.330. The van der Waals surface area contributed by atoms with E-state index in [0.29, 0.717) is 0 Å². The fourth-order valence-electron chi connectivity index (χ4n) is 0.902. The Morgan fingerprint density at radius 1 is 1.55 bits per heavy atom. The maximum absolute atomic E-state index is 10.3. The van der Waals surface area contributed by atoms with Gasteiger partial charge in [0.25, 0.3) is 0 Å². The summed E-state index contributed by atoms with van der Waals surface area (Å²) in [5.41, 5.74) is 0. The third-order valence-corrected chi connectivity index (χ3v) is 4.85. The van der Waals surface area contributed by atoms with Crippen molar-refractivity contribution < 1.29 is 9.90 Å². The van der Waals surface area contributed by atoms with E-state index in [-0.39, 0.29) is 10.5 Å². The van der Waals surface area contributed by atoms with Crippen LogP contribution >= 0.6 is 23.5 Å². The molecule has 0 aromatic heterocycles. The van der Waals surface area contributed by atoms with Gasteiger partial charge in [0.2, 0.25) is 0 Å². The minimum atomic E-state index is -0.468. The van der Waals surface area contributed by atoms with Gasteiger partial charge in [-0.25, -0.2) is 0 Å². The highest BCUT2D eigenvalue weighted by Crippen LogP contribution is 2.36. The van der Waals surface area contributed by atoms with E-state index in [9.17, 15) is 9.90 Å². The third-order valence-electron chi connectivity index (χ3n) is 1.68. The largest absolute Gasteiger partial charge is 0.390 e. The van der Waals surface area contributed by atoms with Gasteiger partial charge in [-0.3, -0.25) is 0 Å². The van der Waals surface area contributed by atoms with E-state index in [1.807, 2.05) is 0 Å². The van der Waals surface area contributed by atoms with Crippen molar-refractivity contribution in [3.05, 3.63) is 0 Å². The summed E-state index contributed by atoms with van der Waals surface area (Å²) in [6.07, 6.45) is 0.356. The molecular formula is C7H12O2S2. The molecule has 64 valence electrons. The van der Waals surface area contributed by atoms with Crippen LogP contribution in [0, 0.1) is 5.92 Å². The van der Waals surface area contributed by atoms with Crippen molar-refractivity contribution in [2.75, 3.05) is 11.5 Å². The van der Waals surface area contributed by atoms with Crippen LogP contribution in [0.15, 0.2) is 0 Å². The molecule has 0 bridgehead atoms. The number of aliphatic hydroxyl groups excluding tert-OH is 1. The fourth-order valence-corrected chi connectivity index (χ4v) is 3.99. The van der Waals surface area contributed by atoms with Crippen molar-refractivity contribution in [1.29, 1.82) is 0 Å². The quantitative estimate of drug-likeness (QED) is 0.677. The van der Waals surface area contributed by atoms with E-state index in [2.05, 4.69) is 0 Å². The van der Waals surface area contributed by atoms with Gasteiger partial charge >= 0.3 is 0 Å². The Morgan fingerprint density at radius 2 is 2.09 bits per heavy atom. The number of carbonyl (C=O) groups is 1. The van der Waals surface area contributed by atoms with Gasteiger partial charge in [0, 0.05) is 17.4 Å². The predicted molar refractivity (Wildman–Crippen MR) is 49.9 cm³/mol. The molecule has 0 aromatic carbocycles. The molecular weight excluding hydrogens is 180 g/mol. The second-order valence-electron chi connectivity index (χ2n) is 2.60. The van der Waals surface area contributed by atoms with Crippen LogP contribution in [0.4, 0.5) is 0 Å². The van der Waals surface area contributed by atoms with Gasteiger partial charge in [-0.15, -0.1) is 23.5 Å². The number of rotatable bonds is 3. The minimum Gasteiger partial charge on any atom is -0.390 e. The van der Waals surface area contributed by atoms with Crippen LogP contribution in [0.1, 0.15) is 6.92 Å². The van der Waals surface area contributed by atoms with Crippen LogP contribution < -0.4 is 0 Å². The molecule has 1 rings (SSSR count). The van der Waals surface area contributed by atoms with E-state index in [4.69, 9.17) is 0 Å². The maximum atomic E-state index is 10.3. The molecule has 0 radical (unpaired) electrons. The Bertz CT molecular complexity index is 134. The lowest BCUT2D eigenvalue weighted by molar-refractivity contribution is -0.113. The average molecular weight is 192 g/mol. The standard InChI is InChI=1S/C7H12O2S2/c1-5(4-8)6(9)7-10-2-3-11-7/h4-7,9H,2-3H2,1H3/t5-,6+/m1/s1. The van der Waals surface area contributed by atoms with Gasteiger partial charge in [0.15, 0.2) is 0 Å². The molecule has 1 aliphatic rings. The number of carbonyl (C=O) groups excluding carboxylic acids is 1. The summed E-state index contributed by atoms with van der Waals surface area (Å²) >= 11 is 3.50. The molecule has 0 saturated carbocycles. The SMILES string of the molecule is C[C@H](C=O)[C@H](O)C1SCCS1. The molecule has 0 unspecified atom stereocenters. The second kappa shape index (κ2) is 4.38. The first kappa shape index (κ1) is 9.42. The van der Waals surface area contributed by atoms with E-state index < -0.39 is 6.10 Å². The zero-order valence-electron chi connectivity index (χ0n) is 6.40. The highest BCUT2D eigenvalue weighted by atomic mass is 32.2. The smallest absolute Gasteiger partial charge is 0.125 e. The number of hydrogen-bond acceptors (Lipinski definition) is 4. The molecule has 2 atom stereocenters.